The minimum atomic E-state index is 0.102. The van der Waals surface area contributed by atoms with Gasteiger partial charge in [0.05, 0.1) is 12.7 Å². The van der Waals surface area contributed by atoms with Crippen molar-refractivity contribution in [2.24, 2.45) is 0 Å². The van der Waals surface area contributed by atoms with Gasteiger partial charge in [0.1, 0.15) is 5.75 Å². The number of rotatable bonds is 7. The largest absolute Gasteiger partial charge is 0.497 e. The molecule has 0 radical (unpaired) electrons. The van der Waals surface area contributed by atoms with E-state index in [1.165, 1.54) is 5.69 Å². The first kappa shape index (κ1) is 20.5. The van der Waals surface area contributed by atoms with Gasteiger partial charge in [-0.1, -0.05) is 18.2 Å². The maximum absolute atomic E-state index is 13.0. The van der Waals surface area contributed by atoms with Gasteiger partial charge in [0, 0.05) is 63.7 Å². The second kappa shape index (κ2) is 9.85. The number of methoxy groups -OCH3 is 1. The molecular weight excluding hydrogens is 376 g/mol. The molecule has 1 amide bonds. The third-order valence-corrected chi connectivity index (χ3v) is 6.09. The Hall–Kier alpha value is -2.73. The van der Waals surface area contributed by atoms with Crippen molar-refractivity contribution in [3.63, 3.8) is 0 Å². The number of likely N-dealkylation sites (tertiary alicyclic amines) is 1. The Bertz CT molecular complexity index is 828. The molecule has 2 aliphatic heterocycles. The molecule has 2 aliphatic rings. The monoisotopic (exact) mass is 408 g/mol. The summed E-state index contributed by atoms with van der Waals surface area (Å²) in [5.74, 6) is 0.825. The first-order valence-corrected chi connectivity index (χ1v) is 11.0. The Balaban J connectivity index is 1.31. The number of anilines is 2. The Morgan fingerprint density at radius 1 is 0.967 bits per heavy atom. The number of nitrogens with one attached hydrogen (secondary N) is 1. The van der Waals surface area contributed by atoms with E-state index in [0.29, 0.717) is 5.56 Å². The standard InChI is InChI=1S/C24H32N4O2/c1-30-21-9-10-23(22(19-21)24(29)28-12-5-6-13-28)25-11-14-26-15-17-27(18-16-26)20-7-3-2-4-8-20/h2-4,7-10,19,25H,5-6,11-18H2,1H3. The number of amides is 1. The lowest BCUT2D eigenvalue weighted by Gasteiger charge is -2.36. The Labute approximate surface area is 179 Å². The van der Waals surface area contributed by atoms with E-state index in [-0.39, 0.29) is 5.91 Å². The van der Waals surface area contributed by atoms with E-state index in [2.05, 4.69) is 45.4 Å². The minimum absolute atomic E-state index is 0.102. The molecule has 6 heteroatoms. The van der Waals surface area contributed by atoms with E-state index in [4.69, 9.17) is 4.74 Å². The second-order valence-electron chi connectivity index (χ2n) is 8.00. The molecule has 160 valence electrons. The molecule has 0 unspecified atom stereocenters. The number of hydrogen-bond acceptors (Lipinski definition) is 5. The van der Waals surface area contributed by atoms with Crippen molar-refractivity contribution in [2.75, 3.05) is 69.7 Å². The number of carbonyl (C=O) groups is 1. The SMILES string of the molecule is COc1ccc(NCCN2CCN(c3ccccc3)CC2)c(C(=O)N2CCCC2)c1. The zero-order valence-electron chi connectivity index (χ0n) is 17.8. The molecule has 0 atom stereocenters. The first-order valence-electron chi connectivity index (χ1n) is 11.0. The van der Waals surface area contributed by atoms with Crippen LogP contribution in [-0.2, 0) is 0 Å². The van der Waals surface area contributed by atoms with Crippen molar-refractivity contribution in [2.45, 2.75) is 12.8 Å². The van der Waals surface area contributed by atoms with E-state index in [1.807, 2.05) is 23.1 Å². The lowest BCUT2D eigenvalue weighted by atomic mass is 10.1. The number of piperazine rings is 1. The van der Waals surface area contributed by atoms with Crippen LogP contribution in [-0.4, -0.2) is 75.2 Å². The topological polar surface area (TPSA) is 48.1 Å². The van der Waals surface area contributed by atoms with Gasteiger partial charge in [-0.2, -0.15) is 0 Å². The molecule has 0 spiro atoms. The number of hydrogen-bond donors (Lipinski definition) is 1. The van der Waals surface area contributed by atoms with Gasteiger partial charge in [0.25, 0.3) is 5.91 Å². The minimum Gasteiger partial charge on any atom is -0.497 e. The first-order chi connectivity index (χ1) is 14.7. The highest BCUT2D eigenvalue weighted by atomic mass is 16.5. The molecule has 2 aromatic carbocycles. The fourth-order valence-electron chi connectivity index (χ4n) is 4.29. The van der Waals surface area contributed by atoms with Crippen LogP contribution in [0.4, 0.5) is 11.4 Å². The van der Waals surface area contributed by atoms with Crippen LogP contribution in [0.25, 0.3) is 0 Å². The summed E-state index contributed by atoms with van der Waals surface area (Å²) in [6, 6.07) is 16.4. The molecule has 0 aromatic heterocycles. The van der Waals surface area contributed by atoms with E-state index in [9.17, 15) is 4.79 Å². The van der Waals surface area contributed by atoms with Crippen LogP contribution in [0.2, 0.25) is 0 Å². The Kier molecular flexibility index (Phi) is 6.74. The molecule has 4 rings (SSSR count). The van der Waals surface area contributed by atoms with Crippen LogP contribution in [0.1, 0.15) is 23.2 Å². The highest BCUT2D eigenvalue weighted by Crippen LogP contribution is 2.25. The third-order valence-electron chi connectivity index (χ3n) is 6.09. The van der Waals surface area contributed by atoms with Crippen LogP contribution in [0.15, 0.2) is 48.5 Å². The third kappa shape index (κ3) is 4.87. The van der Waals surface area contributed by atoms with Crippen molar-refractivity contribution >= 4 is 17.3 Å². The molecule has 0 bridgehead atoms. The maximum Gasteiger partial charge on any atom is 0.256 e. The Morgan fingerprint density at radius 3 is 2.40 bits per heavy atom. The van der Waals surface area contributed by atoms with Gasteiger partial charge in [-0.05, 0) is 43.2 Å². The molecule has 2 heterocycles. The maximum atomic E-state index is 13.0. The molecule has 0 aliphatic carbocycles. The zero-order chi connectivity index (χ0) is 20.8. The molecule has 6 nitrogen and oxygen atoms in total. The normalized spacial score (nSPS) is 17.2. The quantitative estimate of drug-likeness (QED) is 0.763. The number of ether oxygens (including phenoxy) is 1. The summed E-state index contributed by atoms with van der Waals surface area (Å²) in [4.78, 5) is 19.9. The number of carbonyl (C=O) groups excluding carboxylic acids is 1. The summed E-state index contributed by atoms with van der Waals surface area (Å²) in [5, 5.41) is 3.50. The van der Waals surface area contributed by atoms with E-state index in [1.54, 1.807) is 7.11 Å². The van der Waals surface area contributed by atoms with Gasteiger partial charge in [-0.25, -0.2) is 0 Å². The molecule has 2 saturated heterocycles. The van der Waals surface area contributed by atoms with E-state index < -0.39 is 0 Å². The van der Waals surface area contributed by atoms with Crippen molar-refractivity contribution < 1.29 is 9.53 Å². The van der Waals surface area contributed by atoms with Crippen LogP contribution in [0.3, 0.4) is 0 Å². The second-order valence-corrected chi connectivity index (χ2v) is 8.00. The number of nitrogens with zero attached hydrogens (tertiary/aromatic N) is 3. The van der Waals surface area contributed by atoms with Gasteiger partial charge < -0.3 is 19.9 Å². The summed E-state index contributed by atoms with van der Waals surface area (Å²) in [5.41, 5.74) is 2.92. The summed E-state index contributed by atoms with van der Waals surface area (Å²) < 4.78 is 5.36. The van der Waals surface area contributed by atoms with Crippen LogP contribution in [0.5, 0.6) is 5.75 Å². The molecular formula is C24H32N4O2. The van der Waals surface area contributed by atoms with Crippen LogP contribution in [0, 0.1) is 0 Å². The van der Waals surface area contributed by atoms with Crippen molar-refractivity contribution in [3.8, 4) is 5.75 Å². The fourth-order valence-corrected chi connectivity index (χ4v) is 4.29. The number of para-hydroxylation sites is 1. The van der Waals surface area contributed by atoms with Crippen LogP contribution < -0.4 is 15.0 Å². The average Bonchev–Trinajstić information content (AvgIpc) is 3.35. The fraction of sp³-hybridized carbons (Fsp3) is 0.458. The highest BCUT2D eigenvalue weighted by Gasteiger charge is 2.23. The molecule has 0 saturated carbocycles. The lowest BCUT2D eigenvalue weighted by molar-refractivity contribution is 0.0793. The summed E-state index contributed by atoms with van der Waals surface area (Å²) in [6.45, 7) is 7.68. The lowest BCUT2D eigenvalue weighted by Crippen LogP contribution is -2.47. The summed E-state index contributed by atoms with van der Waals surface area (Å²) in [7, 11) is 1.64. The van der Waals surface area contributed by atoms with E-state index >= 15 is 0 Å². The predicted octanol–water partition coefficient (Wildman–Crippen LogP) is 3.17. The highest BCUT2D eigenvalue weighted by molar-refractivity contribution is 6.00. The average molecular weight is 409 g/mol. The predicted molar refractivity (Wildman–Crippen MR) is 122 cm³/mol. The van der Waals surface area contributed by atoms with Gasteiger partial charge >= 0.3 is 0 Å². The smallest absolute Gasteiger partial charge is 0.256 e. The van der Waals surface area contributed by atoms with Gasteiger partial charge in [-0.15, -0.1) is 0 Å². The molecule has 2 fully saturated rings. The van der Waals surface area contributed by atoms with E-state index in [0.717, 1.165) is 76.6 Å². The number of benzene rings is 2. The van der Waals surface area contributed by atoms with Crippen molar-refractivity contribution in [3.05, 3.63) is 54.1 Å². The van der Waals surface area contributed by atoms with Crippen LogP contribution >= 0.6 is 0 Å². The molecule has 2 aromatic rings. The van der Waals surface area contributed by atoms with Gasteiger partial charge in [0.15, 0.2) is 0 Å². The van der Waals surface area contributed by atoms with Crippen molar-refractivity contribution in [1.29, 1.82) is 0 Å². The molecule has 1 N–H and O–H groups in total. The van der Waals surface area contributed by atoms with Gasteiger partial charge in [-0.3, -0.25) is 9.69 Å². The summed E-state index contributed by atoms with van der Waals surface area (Å²) in [6.07, 6.45) is 2.18. The Morgan fingerprint density at radius 2 is 1.70 bits per heavy atom. The summed E-state index contributed by atoms with van der Waals surface area (Å²) >= 11 is 0. The zero-order valence-corrected chi connectivity index (χ0v) is 17.8. The van der Waals surface area contributed by atoms with Crippen molar-refractivity contribution in [1.82, 2.24) is 9.80 Å². The molecule has 30 heavy (non-hydrogen) atoms. The van der Waals surface area contributed by atoms with Gasteiger partial charge in [0.2, 0.25) is 0 Å².